The highest BCUT2D eigenvalue weighted by atomic mass is 35.5. The molecule has 0 spiro atoms. The summed E-state index contributed by atoms with van der Waals surface area (Å²) in [5, 5.41) is 3.88. The Morgan fingerprint density at radius 3 is 2.58 bits per heavy atom. The van der Waals surface area contributed by atoms with Gasteiger partial charge in [-0.2, -0.15) is 0 Å². The lowest BCUT2D eigenvalue weighted by atomic mass is 9.95. The second-order valence-corrected chi connectivity index (χ2v) is 8.83. The zero-order chi connectivity index (χ0) is 22.4. The predicted molar refractivity (Wildman–Crippen MR) is 124 cm³/mol. The fraction of sp³-hybridized carbons (Fsp3) is 0.417. The second kappa shape index (κ2) is 10.9. The highest BCUT2D eigenvalue weighted by Crippen LogP contribution is 2.25. The normalized spacial score (nSPS) is 17.2. The third kappa shape index (κ3) is 6.37. The van der Waals surface area contributed by atoms with Gasteiger partial charge >= 0.3 is 0 Å². The largest absolute Gasteiger partial charge is 0.497 e. The van der Waals surface area contributed by atoms with E-state index in [9.17, 15) is 9.59 Å². The Bertz CT molecular complexity index is 918. The molecule has 7 heteroatoms. The van der Waals surface area contributed by atoms with E-state index >= 15 is 0 Å². The lowest BCUT2D eigenvalue weighted by Gasteiger charge is -2.32. The van der Waals surface area contributed by atoms with Crippen LogP contribution in [0.3, 0.4) is 0 Å². The van der Waals surface area contributed by atoms with Crippen molar-refractivity contribution in [3.05, 3.63) is 63.6 Å². The van der Waals surface area contributed by atoms with Gasteiger partial charge in [0.15, 0.2) is 0 Å². The summed E-state index contributed by atoms with van der Waals surface area (Å²) < 4.78 is 5.18. The lowest BCUT2D eigenvalue weighted by Crippen LogP contribution is -2.47. The molecule has 1 saturated heterocycles. The average molecular weight is 463 g/mol. The number of methoxy groups -OCH3 is 1. The predicted octanol–water partition coefficient (Wildman–Crippen LogP) is 4.99. The number of ether oxygens (including phenoxy) is 1. The third-order valence-corrected chi connectivity index (χ3v) is 6.40. The molecule has 2 atom stereocenters. The fourth-order valence-electron chi connectivity index (χ4n) is 3.80. The van der Waals surface area contributed by atoms with Crippen LogP contribution in [0, 0.1) is 5.92 Å². The number of likely N-dealkylation sites (tertiary alicyclic amines) is 1. The van der Waals surface area contributed by atoms with Crippen LogP contribution in [0.4, 0.5) is 0 Å². The Balaban J connectivity index is 1.51. The number of benzene rings is 2. The fourth-order valence-corrected chi connectivity index (χ4v) is 4.09. The average Bonchev–Trinajstić information content (AvgIpc) is 2.79. The van der Waals surface area contributed by atoms with E-state index in [1.165, 1.54) is 5.56 Å². The quantitative estimate of drug-likeness (QED) is 0.630. The molecule has 1 fully saturated rings. The van der Waals surface area contributed by atoms with Gasteiger partial charge in [0.05, 0.1) is 23.1 Å². The monoisotopic (exact) mass is 462 g/mol. The minimum absolute atomic E-state index is 0.00821. The van der Waals surface area contributed by atoms with Crippen LogP contribution in [0.5, 0.6) is 5.75 Å². The van der Waals surface area contributed by atoms with E-state index in [0.29, 0.717) is 28.7 Å². The van der Waals surface area contributed by atoms with Crippen LogP contribution in [0.25, 0.3) is 0 Å². The number of carbonyl (C=O) groups is 2. The zero-order valence-electron chi connectivity index (χ0n) is 17.9. The summed E-state index contributed by atoms with van der Waals surface area (Å²) in [4.78, 5) is 27.4. The first-order chi connectivity index (χ1) is 14.9. The van der Waals surface area contributed by atoms with E-state index in [1.54, 1.807) is 30.2 Å². The summed E-state index contributed by atoms with van der Waals surface area (Å²) >= 11 is 12.0. The molecule has 3 rings (SSSR count). The molecular formula is C24H28Cl2N2O3. The Hall–Kier alpha value is -2.24. The van der Waals surface area contributed by atoms with E-state index in [0.717, 1.165) is 31.4 Å². The van der Waals surface area contributed by atoms with Crippen LogP contribution >= 0.6 is 23.2 Å². The van der Waals surface area contributed by atoms with Crippen molar-refractivity contribution in [3.8, 4) is 5.75 Å². The van der Waals surface area contributed by atoms with Gasteiger partial charge in [-0.1, -0.05) is 35.3 Å². The van der Waals surface area contributed by atoms with E-state index in [-0.39, 0.29) is 23.8 Å². The number of nitrogens with one attached hydrogen (secondary N) is 1. The van der Waals surface area contributed by atoms with Gasteiger partial charge in [-0.15, -0.1) is 0 Å². The van der Waals surface area contributed by atoms with Gasteiger partial charge in [0.1, 0.15) is 5.75 Å². The molecular weight excluding hydrogens is 435 g/mol. The van der Waals surface area contributed by atoms with Crippen molar-refractivity contribution in [2.24, 2.45) is 5.92 Å². The van der Waals surface area contributed by atoms with E-state index in [4.69, 9.17) is 27.9 Å². The third-order valence-electron chi connectivity index (χ3n) is 5.66. The van der Waals surface area contributed by atoms with Crippen LogP contribution in [-0.4, -0.2) is 43.0 Å². The van der Waals surface area contributed by atoms with Crippen molar-refractivity contribution < 1.29 is 14.3 Å². The molecule has 0 bridgehead atoms. The number of piperidine rings is 1. The van der Waals surface area contributed by atoms with Gasteiger partial charge < -0.3 is 15.0 Å². The smallest absolute Gasteiger partial charge is 0.253 e. The van der Waals surface area contributed by atoms with E-state index in [2.05, 4.69) is 5.32 Å². The van der Waals surface area contributed by atoms with Crippen LogP contribution in [0.15, 0.2) is 42.5 Å². The number of carbonyl (C=O) groups excluding carboxylic acids is 2. The topological polar surface area (TPSA) is 58.6 Å². The number of halogens is 2. The molecule has 2 unspecified atom stereocenters. The molecule has 1 aliphatic heterocycles. The molecule has 0 radical (unpaired) electrons. The number of amides is 2. The summed E-state index contributed by atoms with van der Waals surface area (Å²) in [6.07, 6.45) is 3.29. The number of nitrogens with zero attached hydrogens (tertiary/aromatic N) is 1. The van der Waals surface area contributed by atoms with Gasteiger partial charge in [-0.05, 0) is 68.5 Å². The molecule has 0 aromatic heterocycles. The van der Waals surface area contributed by atoms with Crippen LogP contribution < -0.4 is 10.1 Å². The Morgan fingerprint density at radius 1 is 1.16 bits per heavy atom. The highest BCUT2D eigenvalue weighted by Gasteiger charge is 2.29. The Kier molecular flexibility index (Phi) is 8.22. The molecule has 1 heterocycles. The number of hydrogen-bond donors (Lipinski definition) is 1. The van der Waals surface area contributed by atoms with Crippen molar-refractivity contribution in [2.75, 3.05) is 20.2 Å². The van der Waals surface area contributed by atoms with Crippen LogP contribution in [0.2, 0.25) is 10.0 Å². The maximum atomic E-state index is 12.8. The first kappa shape index (κ1) is 23.4. The number of rotatable bonds is 7. The van der Waals surface area contributed by atoms with Gasteiger partial charge in [0, 0.05) is 24.7 Å². The van der Waals surface area contributed by atoms with Crippen molar-refractivity contribution in [1.29, 1.82) is 0 Å². The maximum Gasteiger partial charge on any atom is 0.253 e. The molecule has 2 aromatic carbocycles. The summed E-state index contributed by atoms with van der Waals surface area (Å²) in [7, 11) is 1.65. The molecule has 1 N–H and O–H groups in total. The maximum absolute atomic E-state index is 12.8. The van der Waals surface area contributed by atoms with Crippen LogP contribution in [-0.2, 0) is 11.2 Å². The Morgan fingerprint density at radius 2 is 1.90 bits per heavy atom. The molecule has 2 aromatic rings. The number of aryl methyl sites for hydroxylation is 1. The molecule has 166 valence electrons. The highest BCUT2D eigenvalue weighted by molar-refractivity contribution is 6.42. The van der Waals surface area contributed by atoms with Crippen LogP contribution in [0.1, 0.15) is 42.1 Å². The summed E-state index contributed by atoms with van der Waals surface area (Å²) in [6.45, 7) is 3.06. The van der Waals surface area contributed by atoms with Gasteiger partial charge in [0.25, 0.3) is 5.91 Å². The Labute approximate surface area is 193 Å². The minimum Gasteiger partial charge on any atom is -0.497 e. The standard InChI is InChI=1S/C24H28Cl2N2O3/c1-16(5-6-17-7-10-20(31-2)11-8-17)27-23(29)19-4-3-13-28(15-19)24(30)18-9-12-21(25)22(26)14-18/h7-12,14,16,19H,3-6,13,15H2,1-2H3,(H,27,29). The van der Waals surface area contributed by atoms with Gasteiger partial charge in [-0.3, -0.25) is 9.59 Å². The molecule has 2 amide bonds. The summed E-state index contributed by atoms with van der Waals surface area (Å²) in [5.41, 5.74) is 1.70. The molecule has 0 aliphatic carbocycles. The summed E-state index contributed by atoms with van der Waals surface area (Å²) in [5.74, 6) is 0.517. The first-order valence-corrected chi connectivity index (χ1v) is 11.3. The zero-order valence-corrected chi connectivity index (χ0v) is 19.4. The van der Waals surface area contributed by atoms with E-state index < -0.39 is 0 Å². The van der Waals surface area contributed by atoms with Gasteiger partial charge in [0.2, 0.25) is 5.91 Å². The molecule has 31 heavy (non-hydrogen) atoms. The summed E-state index contributed by atoms with van der Waals surface area (Å²) in [6, 6.07) is 12.9. The van der Waals surface area contributed by atoms with Crippen molar-refractivity contribution in [3.63, 3.8) is 0 Å². The van der Waals surface area contributed by atoms with Crippen molar-refractivity contribution >= 4 is 35.0 Å². The van der Waals surface area contributed by atoms with E-state index in [1.807, 2.05) is 31.2 Å². The molecule has 5 nitrogen and oxygen atoms in total. The lowest BCUT2D eigenvalue weighted by molar-refractivity contribution is -0.127. The minimum atomic E-state index is -0.205. The molecule has 0 saturated carbocycles. The molecule has 1 aliphatic rings. The number of hydrogen-bond acceptors (Lipinski definition) is 3. The SMILES string of the molecule is COc1ccc(CCC(C)NC(=O)C2CCCN(C(=O)c3ccc(Cl)c(Cl)c3)C2)cc1. The van der Waals surface area contributed by atoms with Crippen molar-refractivity contribution in [1.82, 2.24) is 10.2 Å². The second-order valence-electron chi connectivity index (χ2n) is 8.02. The first-order valence-electron chi connectivity index (χ1n) is 10.5. The van der Waals surface area contributed by atoms with Crippen molar-refractivity contribution in [2.45, 2.75) is 38.6 Å². The van der Waals surface area contributed by atoms with Gasteiger partial charge in [-0.25, -0.2) is 0 Å².